The van der Waals surface area contributed by atoms with Gasteiger partial charge in [0.05, 0.1) is 0 Å². The highest BCUT2D eigenvalue weighted by Gasteiger charge is 2.17. The molecule has 0 aromatic rings. The first-order valence-corrected chi connectivity index (χ1v) is 5.53. The Hall–Kier alpha value is -0.730. The maximum Gasteiger partial charge on any atom is 0.315 e. The Balaban J connectivity index is 2.02. The van der Waals surface area contributed by atoms with Crippen LogP contribution in [0.3, 0.4) is 0 Å². The van der Waals surface area contributed by atoms with Gasteiger partial charge in [-0.25, -0.2) is 4.79 Å². The third kappa shape index (κ3) is 4.49. The summed E-state index contributed by atoms with van der Waals surface area (Å²) in [7, 11) is 0. The smallest absolute Gasteiger partial charge is 0.315 e. The summed E-state index contributed by atoms with van der Waals surface area (Å²) in [5, 5.41) is 5.77. The lowest BCUT2D eigenvalue weighted by atomic mass is 9.83. The van der Waals surface area contributed by atoms with Crippen molar-refractivity contribution in [1.29, 1.82) is 0 Å². The van der Waals surface area contributed by atoms with Gasteiger partial charge in [0.15, 0.2) is 0 Å². The van der Waals surface area contributed by atoms with Crippen LogP contribution in [0.25, 0.3) is 0 Å². The van der Waals surface area contributed by atoms with Crippen molar-refractivity contribution < 1.29 is 4.79 Å². The average molecular weight is 198 g/mol. The molecule has 1 rings (SSSR count). The summed E-state index contributed by atoms with van der Waals surface area (Å²) >= 11 is 0. The molecule has 82 valence electrons. The van der Waals surface area contributed by atoms with E-state index in [1.165, 1.54) is 19.3 Å². The number of rotatable bonds is 3. The predicted molar refractivity (Wildman–Crippen MR) is 58.2 cm³/mol. The molecule has 0 aliphatic heterocycles. The summed E-state index contributed by atoms with van der Waals surface area (Å²) in [4.78, 5) is 11.3. The van der Waals surface area contributed by atoms with Gasteiger partial charge in [-0.3, -0.25) is 0 Å². The van der Waals surface area contributed by atoms with Crippen LogP contribution in [0.1, 0.15) is 46.5 Å². The lowest BCUT2D eigenvalue weighted by molar-refractivity contribution is 0.228. The first-order valence-electron chi connectivity index (χ1n) is 5.53. The topological polar surface area (TPSA) is 41.1 Å². The fraction of sp³-hybridized carbons (Fsp3) is 0.909. The molecule has 0 heterocycles. The van der Waals surface area contributed by atoms with Crippen LogP contribution < -0.4 is 10.6 Å². The van der Waals surface area contributed by atoms with E-state index in [1.807, 2.05) is 20.8 Å². The van der Waals surface area contributed by atoms with E-state index in [0.717, 1.165) is 18.9 Å². The largest absolute Gasteiger partial charge is 0.338 e. The van der Waals surface area contributed by atoms with E-state index < -0.39 is 0 Å². The summed E-state index contributed by atoms with van der Waals surface area (Å²) in [5.74, 6) is 0.866. The summed E-state index contributed by atoms with van der Waals surface area (Å²) in [5.41, 5.74) is -0.138. The summed E-state index contributed by atoms with van der Waals surface area (Å²) in [6, 6.07) is -0.0446. The molecule has 0 aromatic heterocycles. The minimum atomic E-state index is -0.138. The Labute approximate surface area is 86.6 Å². The second-order valence-corrected chi connectivity index (χ2v) is 5.22. The van der Waals surface area contributed by atoms with Crippen LogP contribution in [0.4, 0.5) is 4.79 Å². The van der Waals surface area contributed by atoms with Crippen LogP contribution in [0.15, 0.2) is 0 Å². The molecule has 3 nitrogen and oxygen atoms in total. The van der Waals surface area contributed by atoms with Gasteiger partial charge in [0.2, 0.25) is 0 Å². The minimum Gasteiger partial charge on any atom is -0.338 e. The zero-order valence-electron chi connectivity index (χ0n) is 9.52. The number of urea groups is 1. The molecule has 0 aromatic carbocycles. The molecule has 0 unspecified atom stereocenters. The van der Waals surface area contributed by atoms with Gasteiger partial charge in [-0.1, -0.05) is 19.3 Å². The molecule has 1 aliphatic carbocycles. The predicted octanol–water partition coefficient (Wildman–Crippen LogP) is 2.27. The first kappa shape index (κ1) is 11.3. The summed E-state index contributed by atoms with van der Waals surface area (Å²) in [6.45, 7) is 6.77. The second kappa shape index (κ2) is 4.67. The van der Waals surface area contributed by atoms with Crippen LogP contribution in [-0.2, 0) is 0 Å². The molecule has 2 amide bonds. The van der Waals surface area contributed by atoms with E-state index in [0.29, 0.717) is 0 Å². The molecule has 0 atom stereocenters. The van der Waals surface area contributed by atoms with Gasteiger partial charge in [-0.05, 0) is 33.1 Å². The molecule has 0 bridgehead atoms. The zero-order chi connectivity index (χ0) is 10.6. The number of amides is 2. The number of carbonyl (C=O) groups is 1. The lowest BCUT2D eigenvalue weighted by Crippen LogP contribution is -2.46. The van der Waals surface area contributed by atoms with Gasteiger partial charge < -0.3 is 10.6 Å². The lowest BCUT2D eigenvalue weighted by Gasteiger charge is -2.26. The second-order valence-electron chi connectivity index (χ2n) is 5.22. The molecule has 0 spiro atoms. The molecule has 2 N–H and O–H groups in total. The SMILES string of the molecule is CC(C)(C)NC(=O)NCCC1CCC1. The van der Waals surface area contributed by atoms with E-state index >= 15 is 0 Å². The maximum absolute atomic E-state index is 11.3. The minimum absolute atomic E-state index is 0.0446. The van der Waals surface area contributed by atoms with E-state index in [2.05, 4.69) is 10.6 Å². The van der Waals surface area contributed by atoms with Gasteiger partial charge in [-0.2, -0.15) is 0 Å². The Morgan fingerprint density at radius 2 is 2.00 bits per heavy atom. The Morgan fingerprint density at radius 1 is 1.36 bits per heavy atom. The van der Waals surface area contributed by atoms with E-state index in [4.69, 9.17) is 0 Å². The molecule has 0 saturated heterocycles. The normalized spacial score (nSPS) is 17.4. The van der Waals surface area contributed by atoms with Crippen LogP contribution in [-0.4, -0.2) is 18.1 Å². The number of nitrogens with one attached hydrogen (secondary N) is 2. The standard InChI is InChI=1S/C11H22N2O/c1-11(2,3)13-10(14)12-8-7-9-5-4-6-9/h9H,4-8H2,1-3H3,(H2,12,13,14). The molecular formula is C11H22N2O. The molecular weight excluding hydrogens is 176 g/mol. The number of carbonyl (C=O) groups excluding carboxylic acids is 1. The highest BCUT2D eigenvalue weighted by molar-refractivity contribution is 5.74. The van der Waals surface area contributed by atoms with Gasteiger partial charge in [-0.15, -0.1) is 0 Å². The van der Waals surface area contributed by atoms with Gasteiger partial charge >= 0.3 is 6.03 Å². The number of hydrogen-bond acceptors (Lipinski definition) is 1. The van der Waals surface area contributed by atoms with Crippen molar-refractivity contribution in [3.05, 3.63) is 0 Å². The number of hydrogen-bond donors (Lipinski definition) is 2. The molecule has 0 radical (unpaired) electrons. The van der Waals surface area contributed by atoms with Gasteiger partial charge in [0, 0.05) is 12.1 Å². The van der Waals surface area contributed by atoms with Crippen LogP contribution in [0, 0.1) is 5.92 Å². The summed E-state index contributed by atoms with van der Waals surface area (Å²) in [6.07, 6.45) is 5.21. The van der Waals surface area contributed by atoms with Crippen molar-refractivity contribution >= 4 is 6.03 Å². The molecule has 3 heteroatoms. The van der Waals surface area contributed by atoms with Crippen LogP contribution >= 0.6 is 0 Å². The van der Waals surface area contributed by atoms with E-state index in [9.17, 15) is 4.79 Å². The molecule has 1 saturated carbocycles. The first-order chi connectivity index (χ1) is 6.47. The van der Waals surface area contributed by atoms with Crippen molar-refractivity contribution in [2.75, 3.05) is 6.54 Å². The highest BCUT2D eigenvalue weighted by Crippen LogP contribution is 2.28. The highest BCUT2D eigenvalue weighted by atomic mass is 16.2. The van der Waals surface area contributed by atoms with Crippen molar-refractivity contribution in [3.8, 4) is 0 Å². The monoisotopic (exact) mass is 198 g/mol. The van der Waals surface area contributed by atoms with Crippen LogP contribution in [0.2, 0.25) is 0 Å². The quantitative estimate of drug-likeness (QED) is 0.717. The van der Waals surface area contributed by atoms with Crippen molar-refractivity contribution in [3.63, 3.8) is 0 Å². The van der Waals surface area contributed by atoms with Crippen molar-refractivity contribution in [2.45, 2.75) is 52.0 Å². The fourth-order valence-electron chi connectivity index (χ4n) is 1.56. The van der Waals surface area contributed by atoms with Gasteiger partial charge in [0.1, 0.15) is 0 Å². The van der Waals surface area contributed by atoms with Crippen molar-refractivity contribution in [2.24, 2.45) is 5.92 Å². The van der Waals surface area contributed by atoms with E-state index in [-0.39, 0.29) is 11.6 Å². The molecule has 14 heavy (non-hydrogen) atoms. The molecule has 1 fully saturated rings. The van der Waals surface area contributed by atoms with Crippen molar-refractivity contribution in [1.82, 2.24) is 10.6 Å². The summed E-state index contributed by atoms with van der Waals surface area (Å²) < 4.78 is 0. The molecule has 1 aliphatic rings. The fourth-order valence-corrected chi connectivity index (χ4v) is 1.56. The Bertz CT molecular complexity index is 192. The Kier molecular flexibility index (Phi) is 3.78. The Morgan fingerprint density at radius 3 is 2.43 bits per heavy atom. The maximum atomic E-state index is 11.3. The van der Waals surface area contributed by atoms with E-state index in [1.54, 1.807) is 0 Å². The third-order valence-electron chi connectivity index (χ3n) is 2.55. The van der Waals surface area contributed by atoms with Gasteiger partial charge in [0.25, 0.3) is 0 Å². The average Bonchev–Trinajstić information content (AvgIpc) is 1.90. The zero-order valence-corrected chi connectivity index (χ0v) is 9.52. The third-order valence-corrected chi connectivity index (χ3v) is 2.55. The van der Waals surface area contributed by atoms with Crippen LogP contribution in [0.5, 0.6) is 0 Å².